The Bertz CT molecular complexity index is 432. The first-order valence-electron chi connectivity index (χ1n) is 5.33. The molecule has 0 unspecified atom stereocenters. The molecule has 0 radical (unpaired) electrons. The summed E-state index contributed by atoms with van der Waals surface area (Å²) in [5.74, 6) is 0.00468. The minimum absolute atomic E-state index is 0.342. The third kappa shape index (κ3) is 3.44. The van der Waals surface area contributed by atoms with Crippen LogP contribution in [0.2, 0.25) is 0 Å². The number of rotatable bonds is 5. The van der Waals surface area contributed by atoms with Crippen LogP contribution in [-0.2, 0) is 0 Å². The second-order valence-corrected chi connectivity index (χ2v) is 5.09. The lowest BCUT2D eigenvalue weighted by molar-refractivity contribution is 0.0721. The number of hydrogen-bond donors (Lipinski definition) is 3. The molecule has 1 aromatic rings. The molecule has 3 N–H and O–H groups in total. The predicted octanol–water partition coefficient (Wildman–Crippen LogP) is 0.931. The SMILES string of the molecule is COc1cc(Br)ccc1C(=O)NC(C)(CO)CO. The lowest BCUT2D eigenvalue weighted by Crippen LogP contribution is -2.51. The van der Waals surface area contributed by atoms with E-state index < -0.39 is 11.4 Å². The molecule has 18 heavy (non-hydrogen) atoms. The van der Waals surface area contributed by atoms with Gasteiger partial charge in [-0.25, -0.2) is 0 Å². The summed E-state index contributed by atoms with van der Waals surface area (Å²) < 4.78 is 5.91. The molecular formula is C12H16BrNO4. The fourth-order valence-corrected chi connectivity index (χ4v) is 1.66. The Morgan fingerprint density at radius 3 is 2.56 bits per heavy atom. The van der Waals surface area contributed by atoms with Gasteiger partial charge in [0.25, 0.3) is 5.91 Å². The van der Waals surface area contributed by atoms with Crippen LogP contribution in [0.1, 0.15) is 17.3 Å². The minimum Gasteiger partial charge on any atom is -0.496 e. The number of amides is 1. The molecule has 0 aliphatic carbocycles. The molecule has 5 nitrogen and oxygen atoms in total. The first kappa shape index (κ1) is 14.9. The number of halogens is 1. The summed E-state index contributed by atoms with van der Waals surface area (Å²) in [5.41, 5.74) is -0.719. The number of hydrogen-bond acceptors (Lipinski definition) is 4. The summed E-state index contributed by atoms with van der Waals surface area (Å²) in [4.78, 5) is 12.0. The smallest absolute Gasteiger partial charge is 0.255 e. The molecule has 0 saturated carbocycles. The van der Waals surface area contributed by atoms with Crippen LogP contribution in [0.3, 0.4) is 0 Å². The Labute approximate surface area is 114 Å². The molecule has 0 aromatic heterocycles. The molecule has 0 aliphatic heterocycles. The number of nitrogens with one attached hydrogen (secondary N) is 1. The molecule has 100 valence electrons. The van der Waals surface area contributed by atoms with E-state index in [1.54, 1.807) is 25.1 Å². The van der Waals surface area contributed by atoms with Crippen LogP contribution in [0.15, 0.2) is 22.7 Å². The highest BCUT2D eigenvalue weighted by Gasteiger charge is 2.26. The Hall–Kier alpha value is -1.11. The normalized spacial score (nSPS) is 11.2. The number of aliphatic hydroxyl groups is 2. The van der Waals surface area contributed by atoms with Gasteiger partial charge in [0.05, 0.1) is 31.4 Å². The first-order valence-corrected chi connectivity index (χ1v) is 6.13. The lowest BCUT2D eigenvalue weighted by atomic mass is 10.0. The molecule has 6 heteroatoms. The van der Waals surface area contributed by atoms with Crippen molar-refractivity contribution in [3.8, 4) is 5.75 Å². The maximum atomic E-state index is 12.0. The van der Waals surface area contributed by atoms with Gasteiger partial charge in [-0.2, -0.15) is 0 Å². The Morgan fingerprint density at radius 1 is 1.44 bits per heavy atom. The molecular weight excluding hydrogens is 302 g/mol. The highest BCUT2D eigenvalue weighted by molar-refractivity contribution is 9.10. The summed E-state index contributed by atoms with van der Waals surface area (Å²) in [5, 5.41) is 20.8. The summed E-state index contributed by atoms with van der Waals surface area (Å²) in [6.45, 7) is 0.846. The van der Waals surface area contributed by atoms with Gasteiger partial charge >= 0.3 is 0 Å². The van der Waals surface area contributed by atoms with Crippen molar-refractivity contribution in [2.45, 2.75) is 12.5 Å². The average Bonchev–Trinajstić information content (AvgIpc) is 2.38. The molecule has 1 aromatic carbocycles. The largest absolute Gasteiger partial charge is 0.496 e. The molecule has 0 fully saturated rings. The highest BCUT2D eigenvalue weighted by atomic mass is 79.9. The fraction of sp³-hybridized carbons (Fsp3) is 0.417. The van der Waals surface area contributed by atoms with Crippen LogP contribution >= 0.6 is 15.9 Å². The summed E-state index contributed by atoms with van der Waals surface area (Å²) in [6.07, 6.45) is 0. The Balaban J connectivity index is 2.97. The van der Waals surface area contributed by atoms with E-state index in [9.17, 15) is 4.79 Å². The van der Waals surface area contributed by atoms with Crippen LogP contribution in [0.25, 0.3) is 0 Å². The summed E-state index contributed by atoms with van der Waals surface area (Å²) >= 11 is 3.28. The van der Waals surface area contributed by atoms with Crippen LogP contribution in [-0.4, -0.2) is 42.0 Å². The van der Waals surface area contributed by atoms with Gasteiger partial charge in [-0.1, -0.05) is 15.9 Å². The van der Waals surface area contributed by atoms with Crippen LogP contribution in [0, 0.1) is 0 Å². The summed E-state index contributed by atoms with van der Waals surface area (Å²) in [6, 6.07) is 4.99. The molecule has 0 saturated heterocycles. The third-order valence-electron chi connectivity index (χ3n) is 2.52. The van der Waals surface area contributed by atoms with Gasteiger partial charge in [-0.15, -0.1) is 0 Å². The van der Waals surface area contributed by atoms with E-state index in [4.69, 9.17) is 14.9 Å². The average molecular weight is 318 g/mol. The maximum absolute atomic E-state index is 12.0. The third-order valence-corrected chi connectivity index (χ3v) is 3.01. The number of benzene rings is 1. The van der Waals surface area contributed by atoms with Crippen molar-refractivity contribution in [2.75, 3.05) is 20.3 Å². The van der Waals surface area contributed by atoms with E-state index in [1.165, 1.54) is 7.11 Å². The zero-order valence-electron chi connectivity index (χ0n) is 10.2. The van der Waals surface area contributed by atoms with E-state index in [1.807, 2.05) is 0 Å². The van der Waals surface area contributed by atoms with E-state index in [-0.39, 0.29) is 13.2 Å². The zero-order chi connectivity index (χ0) is 13.8. The minimum atomic E-state index is -1.06. The van der Waals surface area contributed by atoms with Crippen molar-refractivity contribution < 1.29 is 19.7 Å². The lowest BCUT2D eigenvalue weighted by Gasteiger charge is -2.26. The molecule has 1 rings (SSSR count). The first-order chi connectivity index (χ1) is 8.45. The zero-order valence-corrected chi connectivity index (χ0v) is 11.8. The van der Waals surface area contributed by atoms with Crippen LogP contribution < -0.4 is 10.1 Å². The number of aliphatic hydroxyl groups excluding tert-OH is 2. The number of methoxy groups -OCH3 is 1. The number of ether oxygens (including phenoxy) is 1. The van der Waals surface area contributed by atoms with Crippen molar-refractivity contribution in [2.24, 2.45) is 0 Å². The molecule has 0 spiro atoms. The van der Waals surface area contributed by atoms with Gasteiger partial charge < -0.3 is 20.3 Å². The van der Waals surface area contributed by atoms with Gasteiger partial charge in [-0.3, -0.25) is 4.79 Å². The van der Waals surface area contributed by atoms with E-state index in [2.05, 4.69) is 21.2 Å². The van der Waals surface area contributed by atoms with Gasteiger partial charge in [0.1, 0.15) is 5.75 Å². The van der Waals surface area contributed by atoms with Crippen molar-refractivity contribution in [1.82, 2.24) is 5.32 Å². The van der Waals surface area contributed by atoms with Gasteiger partial charge in [0.15, 0.2) is 0 Å². The Kier molecular flexibility index (Phi) is 5.13. The molecule has 1 amide bonds. The second kappa shape index (κ2) is 6.17. The Morgan fingerprint density at radius 2 is 2.06 bits per heavy atom. The fourth-order valence-electron chi connectivity index (χ4n) is 1.32. The van der Waals surface area contributed by atoms with Gasteiger partial charge in [0.2, 0.25) is 0 Å². The van der Waals surface area contributed by atoms with E-state index in [0.717, 1.165) is 4.47 Å². The second-order valence-electron chi connectivity index (χ2n) is 4.18. The van der Waals surface area contributed by atoms with Crippen molar-refractivity contribution >= 4 is 21.8 Å². The number of carbonyl (C=O) groups excluding carboxylic acids is 1. The molecule has 0 bridgehead atoms. The van der Waals surface area contributed by atoms with Crippen molar-refractivity contribution in [3.63, 3.8) is 0 Å². The summed E-state index contributed by atoms with van der Waals surface area (Å²) in [7, 11) is 1.47. The topological polar surface area (TPSA) is 78.8 Å². The van der Waals surface area contributed by atoms with E-state index >= 15 is 0 Å². The van der Waals surface area contributed by atoms with Gasteiger partial charge in [0, 0.05) is 4.47 Å². The van der Waals surface area contributed by atoms with Crippen LogP contribution in [0.5, 0.6) is 5.75 Å². The van der Waals surface area contributed by atoms with Crippen LogP contribution in [0.4, 0.5) is 0 Å². The quantitative estimate of drug-likeness (QED) is 0.755. The molecule has 0 aliphatic rings. The van der Waals surface area contributed by atoms with E-state index in [0.29, 0.717) is 11.3 Å². The van der Waals surface area contributed by atoms with Gasteiger partial charge in [-0.05, 0) is 25.1 Å². The van der Waals surface area contributed by atoms with Crippen molar-refractivity contribution in [1.29, 1.82) is 0 Å². The monoisotopic (exact) mass is 317 g/mol. The standard InChI is InChI=1S/C12H16BrNO4/c1-12(6-15,7-16)14-11(17)9-4-3-8(13)5-10(9)18-2/h3-5,15-16H,6-7H2,1-2H3,(H,14,17). The molecule has 0 heterocycles. The maximum Gasteiger partial charge on any atom is 0.255 e. The number of carbonyl (C=O) groups is 1. The molecule has 0 atom stereocenters. The van der Waals surface area contributed by atoms with Crippen molar-refractivity contribution in [3.05, 3.63) is 28.2 Å². The predicted molar refractivity (Wildman–Crippen MR) is 70.7 cm³/mol. The highest BCUT2D eigenvalue weighted by Crippen LogP contribution is 2.23.